The first kappa shape index (κ1) is 11.3. The van der Waals surface area contributed by atoms with Gasteiger partial charge in [-0.1, -0.05) is 0 Å². The quantitative estimate of drug-likeness (QED) is 0.624. The lowest BCUT2D eigenvalue weighted by atomic mass is 9.99. The molecule has 2 heterocycles. The minimum atomic E-state index is -0.852. The van der Waals surface area contributed by atoms with Crippen molar-refractivity contribution in [2.75, 3.05) is 17.2 Å². The number of anilines is 2. The van der Waals surface area contributed by atoms with Crippen molar-refractivity contribution in [3.8, 4) is 0 Å². The third kappa shape index (κ3) is 1.91. The molecule has 0 bridgehead atoms. The number of carbonyl (C=O) groups is 2. The predicted octanol–water partition coefficient (Wildman–Crippen LogP) is -0.700. The maximum atomic E-state index is 11.7. The van der Waals surface area contributed by atoms with Crippen molar-refractivity contribution in [2.45, 2.75) is 19.4 Å². The van der Waals surface area contributed by atoms with Crippen molar-refractivity contribution in [1.29, 1.82) is 0 Å². The van der Waals surface area contributed by atoms with Gasteiger partial charge in [0.15, 0.2) is 0 Å². The Kier molecular flexibility index (Phi) is 2.45. The third-order valence-electron chi connectivity index (χ3n) is 2.74. The Balaban J connectivity index is 2.42. The number of piperazine rings is 1. The van der Waals surface area contributed by atoms with Gasteiger partial charge in [-0.25, -0.2) is 9.97 Å². The average Bonchev–Trinajstić information content (AvgIpc) is 2.24. The molecule has 2 rings (SSSR count). The number of imide groups is 1. The van der Waals surface area contributed by atoms with Crippen molar-refractivity contribution in [1.82, 2.24) is 15.3 Å². The number of rotatable bonds is 1. The molecule has 1 aliphatic heterocycles. The second kappa shape index (κ2) is 3.69. The number of hydrogen-bond donors (Lipinski definition) is 2. The number of hydrogen-bond acceptors (Lipinski definition) is 6. The molecule has 1 aromatic heterocycles. The molecule has 3 N–H and O–H groups in total. The fourth-order valence-corrected chi connectivity index (χ4v) is 1.66. The molecule has 1 fully saturated rings. The third-order valence-corrected chi connectivity index (χ3v) is 2.74. The van der Waals surface area contributed by atoms with Gasteiger partial charge in [-0.2, -0.15) is 0 Å². The van der Waals surface area contributed by atoms with Crippen LogP contribution >= 0.6 is 0 Å². The van der Waals surface area contributed by atoms with Gasteiger partial charge in [-0.15, -0.1) is 0 Å². The molecule has 7 nitrogen and oxygen atoms in total. The van der Waals surface area contributed by atoms with E-state index in [-0.39, 0.29) is 18.4 Å². The number of nitrogen functional groups attached to an aromatic ring is 1. The van der Waals surface area contributed by atoms with Crippen LogP contribution in [0.1, 0.15) is 13.8 Å². The number of carbonyl (C=O) groups excluding carboxylic acids is 2. The van der Waals surface area contributed by atoms with Gasteiger partial charge in [0.2, 0.25) is 5.91 Å². The first-order chi connectivity index (χ1) is 7.91. The fraction of sp³-hybridized carbons (Fsp3) is 0.400. The minimum Gasteiger partial charge on any atom is -0.384 e. The monoisotopic (exact) mass is 235 g/mol. The summed E-state index contributed by atoms with van der Waals surface area (Å²) >= 11 is 0. The summed E-state index contributed by atoms with van der Waals surface area (Å²) < 4.78 is 0. The standard InChI is InChI=1S/C10H13N5O2/c1-10(2)9(17)14-8(16)4-15(10)7-3-6(11)12-5-13-7/h3,5H,4H2,1-2H3,(H2,11,12,13)(H,14,16,17). The van der Waals surface area contributed by atoms with Crippen LogP contribution in [-0.4, -0.2) is 33.9 Å². The topological polar surface area (TPSA) is 101 Å². The average molecular weight is 235 g/mol. The van der Waals surface area contributed by atoms with Crippen LogP contribution in [0.4, 0.5) is 11.6 Å². The van der Waals surface area contributed by atoms with E-state index in [2.05, 4.69) is 15.3 Å². The first-order valence-electron chi connectivity index (χ1n) is 5.10. The Morgan fingerprint density at radius 1 is 1.41 bits per heavy atom. The van der Waals surface area contributed by atoms with Crippen LogP contribution < -0.4 is 16.0 Å². The molecule has 0 atom stereocenters. The van der Waals surface area contributed by atoms with Gasteiger partial charge >= 0.3 is 0 Å². The van der Waals surface area contributed by atoms with E-state index in [9.17, 15) is 9.59 Å². The van der Waals surface area contributed by atoms with Crippen LogP contribution in [0.5, 0.6) is 0 Å². The van der Waals surface area contributed by atoms with Gasteiger partial charge in [0, 0.05) is 6.07 Å². The van der Waals surface area contributed by atoms with Gasteiger partial charge in [0.05, 0.1) is 6.54 Å². The molecule has 17 heavy (non-hydrogen) atoms. The minimum absolute atomic E-state index is 0.0647. The molecular weight excluding hydrogens is 222 g/mol. The van der Waals surface area contributed by atoms with Gasteiger partial charge in [-0.05, 0) is 13.8 Å². The molecule has 1 aliphatic rings. The summed E-state index contributed by atoms with van der Waals surface area (Å²) in [5.74, 6) is 0.0485. The number of aromatic nitrogens is 2. The summed E-state index contributed by atoms with van der Waals surface area (Å²) in [6.07, 6.45) is 1.30. The van der Waals surface area contributed by atoms with Gasteiger partial charge in [0.25, 0.3) is 5.91 Å². The maximum absolute atomic E-state index is 11.7. The van der Waals surface area contributed by atoms with Crippen LogP contribution in [0.2, 0.25) is 0 Å². The van der Waals surface area contributed by atoms with E-state index in [1.165, 1.54) is 12.4 Å². The van der Waals surface area contributed by atoms with Crippen LogP contribution in [0.3, 0.4) is 0 Å². The van der Waals surface area contributed by atoms with E-state index in [0.717, 1.165) is 0 Å². The summed E-state index contributed by atoms with van der Waals surface area (Å²) in [7, 11) is 0. The Bertz CT molecular complexity index is 485. The number of nitrogens with zero attached hydrogens (tertiary/aromatic N) is 3. The summed E-state index contributed by atoms with van der Waals surface area (Å²) in [5, 5.41) is 2.29. The Morgan fingerprint density at radius 3 is 2.76 bits per heavy atom. The highest BCUT2D eigenvalue weighted by Crippen LogP contribution is 2.24. The number of nitrogens with two attached hydrogens (primary N) is 1. The summed E-state index contributed by atoms with van der Waals surface area (Å²) in [6, 6.07) is 1.54. The molecule has 1 aromatic rings. The largest absolute Gasteiger partial charge is 0.384 e. The van der Waals surface area contributed by atoms with Crippen LogP contribution in [0.25, 0.3) is 0 Å². The van der Waals surface area contributed by atoms with E-state index < -0.39 is 5.54 Å². The summed E-state index contributed by atoms with van der Waals surface area (Å²) in [6.45, 7) is 3.50. The molecule has 0 unspecified atom stereocenters. The lowest BCUT2D eigenvalue weighted by molar-refractivity contribution is -0.135. The molecule has 0 spiro atoms. The summed E-state index contributed by atoms with van der Waals surface area (Å²) in [5.41, 5.74) is 4.71. The van der Waals surface area contributed by atoms with E-state index in [1.54, 1.807) is 18.7 Å². The molecular formula is C10H13N5O2. The Morgan fingerprint density at radius 2 is 2.12 bits per heavy atom. The Hall–Kier alpha value is -2.18. The summed E-state index contributed by atoms with van der Waals surface area (Å²) in [4.78, 5) is 32.5. The maximum Gasteiger partial charge on any atom is 0.251 e. The van der Waals surface area contributed by atoms with E-state index in [4.69, 9.17) is 5.73 Å². The Labute approximate surface area is 98.0 Å². The molecule has 2 amide bonds. The molecule has 0 saturated carbocycles. The highest BCUT2D eigenvalue weighted by molar-refractivity contribution is 6.06. The van der Waals surface area contributed by atoms with Crippen molar-refractivity contribution in [3.05, 3.63) is 12.4 Å². The lowest BCUT2D eigenvalue weighted by Gasteiger charge is -2.40. The van der Waals surface area contributed by atoms with E-state index in [0.29, 0.717) is 11.6 Å². The van der Waals surface area contributed by atoms with Crippen LogP contribution in [-0.2, 0) is 9.59 Å². The zero-order chi connectivity index (χ0) is 12.6. The smallest absolute Gasteiger partial charge is 0.251 e. The molecule has 0 aliphatic carbocycles. The van der Waals surface area contributed by atoms with E-state index in [1.807, 2.05) is 0 Å². The van der Waals surface area contributed by atoms with Crippen molar-refractivity contribution in [2.24, 2.45) is 0 Å². The zero-order valence-corrected chi connectivity index (χ0v) is 9.60. The lowest BCUT2D eigenvalue weighted by Crippen LogP contribution is -2.64. The first-order valence-corrected chi connectivity index (χ1v) is 5.10. The van der Waals surface area contributed by atoms with Gasteiger partial charge in [-0.3, -0.25) is 14.9 Å². The molecule has 1 saturated heterocycles. The highest BCUT2D eigenvalue weighted by Gasteiger charge is 2.41. The van der Waals surface area contributed by atoms with Crippen molar-refractivity contribution < 1.29 is 9.59 Å². The predicted molar refractivity (Wildman–Crippen MR) is 61.0 cm³/mol. The molecule has 7 heteroatoms. The molecule has 0 radical (unpaired) electrons. The second-order valence-corrected chi connectivity index (χ2v) is 4.32. The zero-order valence-electron chi connectivity index (χ0n) is 9.60. The molecule has 90 valence electrons. The van der Waals surface area contributed by atoms with Crippen molar-refractivity contribution in [3.63, 3.8) is 0 Å². The highest BCUT2D eigenvalue weighted by atomic mass is 16.2. The van der Waals surface area contributed by atoms with Crippen LogP contribution in [0, 0.1) is 0 Å². The van der Waals surface area contributed by atoms with Gasteiger partial charge < -0.3 is 10.6 Å². The molecule has 0 aromatic carbocycles. The van der Waals surface area contributed by atoms with Gasteiger partial charge in [0.1, 0.15) is 23.5 Å². The number of amides is 2. The van der Waals surface area contributed by atoms with E-state index >= 15 is 0 Å². The SMILES string of the molecule is CC1(C)C(=O)NC(=O)CN1c1cc(N)ncn1. The fourth-order valence-electron chi connectivity index (χ4n) is 1.66. The van der Waals surface area contributed by atoms with Crippen LogP contribution in [0.15, 0.2) is 12.4 Å². The normalized spacial score (nSPS) is 19.1. The second-order valence-electron chi connectivity index (χ2n) is 4.32. The number of nitrogens with one attached hydrogen (secondary N) is 1. The van der Waals surface area contributed by atoms with Crippen molar-refractivity contribution >= 4 is 23.5 Å².